The van der Waals surface area contributed by atoms with Crippen molar-refractivity contribution in [3.05, 3.63) is 101 Å². The molecule has 1 saturated heterocycles. The molecule has 1 saturated carbocycles. The number of aromatic amines is 1. The summed E-state index contributed by atoms with van der Waals surface area (Å²) in [5, 5.41) is 22.2. The number of carbonyl (C=O) groups is 1. The van der Waals surface area contributed by atoms with E-state index in [9.17, 15) is 15.0 Å². The average Bonchev–Trinajstić information content (AvgIpc) is 3.86. The minimum Gasteiger partial charge on any atom is -0.392 e. The fourth-order valence-electron chi connectivity index (χ4n) is 6.80. The molecule has 3 aliphatic rings. The van der Waals surface area contributed by atoms with Gasteiger partial charge in [0, 0.05) is 59.3 Å². The first-order valence-electron chi connectivity index (χ1n) is 15.7. The molecule has 0 spiro atoms. The van der Waals surface area contributed by atoms with E-state index in [0.717, 1.165) is 45.4 Å². The Bertz CT molecular complexity index is 1890. The van der Waals surface area contributed by atoms with E-state index in [4.69, 9.17) is 9.72 Å². The Kier molecular flexibility index (Phi) is 7.09. The summed E-state index contributed by atoms with van der Waals surface area (Å²) in [6.45, 7) is 2.79. The van der Waals surface area contributed by atoms with Gasteiger partial charge in [0.05, 0.1) is 25.3 Å². The van der Waals surface area contributed by atoms with E-state index in [1.165, 1.54) is 24.0 Å². The number of aliphatic hydroxyl groups excluding tert-OH is 2. The van der Waals surface area contributed by atoms with Crippen molar-refractivity contribution in [1.82, 2.24) is 19.9 Å². The van der Waals surface area contributed by atoms with Crippen molar-refractivity contribution in [2.24, 2.45) is 0 Å². The summed E-state index contributed by atoms with van der Waals surface area (Å²) in [5.41, 5.74) is 9.58. The maximum Gasteiger partial charge on any atom is 0.254 e. The molecule has 1 unspecified atom stereocenters. The van der Waals surface area contributed by atoms with Gasteiger partial charge in [0.15, 0.2) is 11.9 Å². The van der Waals surface area contributed by atoms with Gasteiger partial charge in [-0.15, -0.1) is 0 Å². The fourth-order valence-corrected chi connectivity index (χ4v) is 6.80. The van der Waals surface area contributed by atoms with Gasteiger partial charge in [-0.1, -0.05) is 42.5 Å². The van der Waals surface area contributed by atoms with Crippen LogP contribution in [0.2, 0.25) is 0 Å². The van der Waals surface area contributed by atoms with Crippen molar-refractivity contribution < 1.29 is 19.7 Å². The van der Waals surface area contributed by atoms with Gasteiger partial charge in [-0.25, -0.2) is 9.97 Å². The highest BCUT2D eigenvalue weighted by Gasteiger charge is 2.31. The van der Waals surface area contributed by atoms with Crippen LogP contribution < -0.4 is 4.90 Å². The molecule has 45 heavy (non-hydrogen) atoms. The predicted molar refractivity (Wildman–Crippen MR) is 172 cm³/mol. The van der Waals surface area contributed by atoms with Crippen LogP contribution in [0.3, 0.4) is 0 Å². The van der Waals surface area contributed by atoms with Crippen LogP contribution >= 0.6 is 0 Å². The number of aliphatic hydroxyl groups is 2. The average molecular weight is 602 g/mol. The number of carbonyl (C=O) groups excluding carboxylic acids is 1. The lowest BCUT2D eigenvalue weighted by Gasteiger charge is -2.37. The number of amides is 1. The molecule has 9 heteroatoms. The van der Waals surface area contributed by atoms with Crippen LogP contribution in [0, 0.1) is 0 Å². The van der Waals surface area contributed by atoms with Crippen LogP contribution in [0.4, 0.5) is 5.69 Å². The first kappa shape index (κ1) is 27.9. The van der Waals surface area contributed by atoms with Crippen LogP contribution in [-0.4, -0.2) is 68.8 Å². The first-order chi connectivity index (χ1) is 22.1. The molecule has 2 fully saturated rings. The number of imidazole rings is 1. The summed E-state index contributed by atoms with van der Waals surface area (Å²) in [4.78, 5) is 29.5. The number of rotatable bonds is 6. The summed E-state index contributed by atoms with van der Waals surface area (Å²) in [7, 11) is 0. The Morgan fingerprint density at radius 2 is 1.80 bits per heavy atom. The van der Waals surface area contributed by atoms with Crippen LogP contribution in [0.1, 0.15) is 57.6 Å². The van der Waals surface area contributed by atoms with Crippen LogP contribution in [0.5, 0.6) is 0 Å². The number of benzene rings is 3. The predicted octanol–water partition coefficient (Wildman–Crippen LogP) is 5.19. The Labute approximate surface area is 261 Å². The summed E-state index contributed by atoms with van der Waals surface area (Å²) >= 11 is 0. The number of ether oxygens (including phenoxy) is 1. The highest BCUT2D eigenvalue weighted by atomic mass is 16.5. The molecule has 1 atom stereocenters. The molecule has 1 amide bonds. The molecule has 0 bridgehead atoms. The number of nitrogens with one attached hydrogen (secondary N) is 1. The molecule has 5 aromatic rings. The summed E-state index contributed by atoms with van der Waals surface area (Å²) in [5.74, 6) is 1.32. The number of nitrogens with zero attached hydrogens (tertiary/aromatic N) is 4. The van der Waals surface area contributed by atoms with E-state index in [0.29, 0.717) is 55.8 Å². The van der Waals surface area contributed by atoms with Gasteiger partial charge in [-0.2, -0.15) is 0 Å². The second kappa shape index (κ2) is 11.4. The smallest absolute Gasteiger partial charge is 0.254 e. The van der Waals surface area contributed by atoms with E-state index in [2.05, 4.69) is 28.2 Å². The standard InChI is InChI=1S/C36H35N5O4/c42-21-30-28(2-1-3-31(30)41-15-13-26-20-25(22-4-5-22)10-11-27(26)36(41)44)29-12-14-37-34-32(29)38-33(39-34)23-6-8-24(9-7-23)35(43)40-16-18-45-19-17-40/h1-3,6-12,14,20,22,36,42,44H,4-5,13,15-19,21H2,(H,37,38,39). The van der Waals surface area contributed by atoms with Crippen molar-refractivity contribution >= 4 is 22.8 Å². The largest absolute Gasteiger partial charge is 0.392 e. The third-order valence-electron chi connectivity index (χ3n) is 9.42. The van der Waals surface area contributed by atoms with E-state index in [1.54, 1.807) is 6.20 Å². The number of H-pyrrole nitrogens is 1. The molecule has 228 valence electrons. The molecular formula is C36H35N5O4. The molecule has 2 aromatic heterocycles. The normalized spacial score (nSPS) is 18.3. The van der Waals surface area contributed by atoms with Crippen molar-refractivity contribution in [3.8, 4) is 22.5 Å². The molecule has 9 nitrogen and oxygen atoms in total. The molecule has 8 rings (SSSR count). The van der Waals surface area contributed by atoms with E-state index >= 15 is 0 Å². The number of hydrogen-bond acceptors (Lipinski definition) is 7. The van der Waals surface area contributed by atoms with Crippen LogP contribution in [-0.2, 0) is 17.8 Å². The summed E-state index contributed by atoms with van der Waals surface area (Å²) < 4.78 is 5.37. The zero-order chi connectivity index (χ0) is 30.5. The Morgan fingerprint density at radius 1 is 0.978 bits per heavy atom. The Hall–Kier alpha value is -4.57. The van der Waals surface area contributed by atoms with Crippen LogP contribution in [0.25, 0.3) is 33.7 Å². The topological polar surface area (TPSA) is 115 Å². The van der Waals surface area contributed by atoms with Crippen molar-refractivity contribution in [2.75, 3.05) is 37.7 Å². The lowest BCUT2D eigenvalue weighted by atomic mass is 9.92. The maximum absolute atomic E-state index is 12.9. The second-order valence-electron chi connectivity index (χ2n) is 12.1. The highest BCUT2D eigenvalue weighted by Crippen LogP contribution is 2.43. The van der Waals surface area contributed by atoms with Gasteiger partial charge in [0.1, 0.15) is 5.82 Å². The third kappa shape index (κ3) is 5.07. The van der Waals surface area contributed by atoms with Gasteiger partial charge in [-0.05, 0) is 66.1 Å². The van der Waals surface area contributed by atoms with Gasteiger partial charge in [-0.3, -0.25) is 4.79 Å². The number of morpholine rings is 1. The summed E-state index contributed by atoms with van der Waals surface area (Å²) in [6, 6.07) is 21.8. The van der Waals surface area contributed by atoms with Crippen molar-refractivity contribution in [3.63, 3.8) is 0 Å². The van der Waals surface area contributed by atoms with Gasteiger partial charge in [0.2, 0.25) is 0 Å². The molecule has 3 aromatic carbocycles. The molecule has 0 radical (unpaired) electrons. The number of anilines is 1. The first-order valence-corrected chi connectivity index (χ1v) is 15.7. The van der Waals surface area contributed by atoms with Gasteiger partial charge in [0.25, 0.3) is 5.91 Å². The number of fused-ring (bicyclic) bond motifs is 2. The van der Waals surface area contributed by atoms with Crippen molar-refractivity contribution in [2.45, 2.75) is 38.0 Å². The monoisotopic (exact) mass is 601 g/mol. The van der Waals surface area contributed by atoms with Gasteiger partial charge < -0.3 is 29.7 Å². The second-order valence-corrected chi connectivity index (χ2v) is 12.1. The number of pyridine rings is 1. The summed E-state index contributed by atoms with van der Waals surface area (Å²) in [6.07, 6.45) is 4.27. The molecule has 2 aliphatic heterocycles. The molecule has 1 aliphatic carbocycles. The number of hydrogen-bond donors (Lipinski definition) is 3. The van der Waals surface area contributed by atoms with Crippen molar-refractivity contribution in [1.29, 1.82) is 0 Å². The van der Waals surface area contributed by atoms with Crippen LogP contribution in [0.15, 0.2) is 72.9 Å². The fraction of sp³-hybridized carbons (Fsp3) is 0.306. The number of aromatic nitrogens is 3. The third-order valence-corrected chi connectivity index (χ3v) is 9.42. The molecular weight excluding hydrogens is 566 g/mol. The molecule has 4 heterocycles. The lowest BCUT2D eigenvalue weighted by molar-refractivity contribution is 0.0303. The minimum atomic E-state index is -0.795. The van der Waals surface area contributed by atoms with E-state index < -0.39 is 6.23 Å². The zero-order valence-electron chi connectivity index (χ0n) is 24.9. The van der Waals surface area contributed by atoms with Gasteiger partial charge >= 0.3 is 0 Å². The maximum atomic E-state index is 12.9. The highest BCUT2D eigenvalue weighted by molar-refractivity contribution is 5.96. The zero-order valence-corrected chi connectivity index (χ0v) is 24.9. The van der Waals surface area contributed by atoms with E-state index in [1.807, 2.05) is 58.3 Å². The lowest BCUT2D eigenvalue weighted by Crippen LogP contribution is -2.40. The Balaban J connectivity index is 1.11. The quantitative estimate of drug-likeness (QED) is 0.246. The minimum absolute atomic E-state index is 0.000133. The molecule has 3 N–H and O–H groups in total. The van der Waals surface area contributed by atoms with E-state index in [-0.39, 0.29) is 12.5 Å². The SMILES string of the molecule is O=C(c1ccc(-c2nc3nccc(-c4cccc(N5CCc6cc(C7CC7)ccc6C5O)c4CO)c3[nH]2)cc1)N1CCOCC1. The Morgan fingerprint density at radius 3 is 2.58 bits per heavy atom.